The molecule has 0 fully saturated rings. The van der Waals surface area contributed by atoms with Crippen LogP contribution in [-0.4, -0.2) is 28.0 Å². The van der Waals surface area contributed by atoms with Gasteiger partial charge in [0.15, 0.2) is 5.13 Å². The van der Waals surface area contributed by atoms with Crippen LogP contribution in [0.25, 0.3) is 17.3 Å². The Labute approximate surface area is 281 Å². The van der Waals surface area contributed by atoms with Crippen molar-refractivity contribution >= 4 is 69.3 Å². The highest BCUT2D eigenvalue weighted by molar-refractivity contribution is 8.00. The van der Waals surface area contributed by atoms with Crippen molar-refractivity contribution in [1.82, 2.24) is 10.3 Å². The number of benzene rings is 4. The van der Waals surface area contributed by atoms with E-state index in [4.69, 9.17) is 11.6 Å². The van der Waals surface area contributed by atoms with E-state index in [1.165, 1.54) is 23.1 Å². The van der Waals surface area contributed by atoms with Crippen LogP contribution in [0.4, 0.5) is 10.8 Å². The second-order valence-electron chi connectivity index (χ2n) is 10.3. The Kier molecular flexibility index (Phi) is 11.0. The van der Waals surface area contributed by atoms with Gasteiger partial charge in [0.1, 0.15) is 5.70 Å². The number of carbonyl (C=O) groups excluding carboxylic acids is 3. The molecule has 1 heterocycles. The molecule has 0 saturated carbocycles. The van der Waals surface area contributed by atoms with Crippen molar-refractivity contribution in [2.75, 3.05) is 10.6 Å². The maximum atomic E-state index is 13.5. The van der Waals surface area contributed by atoms with E-state index in [-0.39, 0.29) is 11.6 Å². The molecule has 5 rings (SSSR count). The zero-order valence-electron chi connectivity index (χ0n) is 25.1. The van der Waals surface area contributed by atoms with Crippen LogP contribution < -0.4 is 16.0 Å². The number of aromatic nitrogens is 1. The quantitative estimate of drug-likeness (QED) is 0.0967. The zero-order valence-corrected chi connectivity index (χ0v) is 27.5. The first-order chi connectivity index (χ1) is 22.3. The number of aryl methyl sites for hydroxylation is 1. The number of hydrogen-bond acceptors (Lipinski definition) is 6. The highest BCUT2D eigenvalue weighted by Gasteiger charge is 2.20. The molecule has 3 amide bonds. The number of halogens is 1. The van der Waals surface area contributed by atoms with Gasteiger partial charge in [-0.2, -0.15) is 0 Å². The third-order valence-corrected chi connectivity index (χ3v) is 9.16. The van der Waals surface area contributed by atoms with E-state index < -0.39 is 17.1 Å². The number of nitrogens with zero attached hydrogens (tertiary/aromatic N) is 1. The average Bonchev–Trinajstić information content (AvgIpc) is 3.52. The second-order valence-corrected chi connectivity index (χ2v) is 12.9. The fourth-order valence-corrected chi connectivity index (χ4v) is 6.33. The van der Waals surface area contributed by atoms with Gasteiger partial charge in [-0.25, -0.2) is 4.98 Å². The van der Waals surface area contributed by atoms with Crippen LogP contribution in [0.3, 0.4) is 0 Å². The summed E-state index contributed by atoms with van der Waals surface area (Å²) in [7, 11) is 0. The Morgan fingerprint density at radius 3 is 2.41 bits per heavy atom. The molecule has 5 aromatic rings. The first-order valence-electron chi connectivity index (χ1n) is 14.5. The monoisotopic (exact) mass is 666 g/mol. The standard InChI is InChI=1S/C36H31ClN4O3S2/c1-3-32(35(44)41-36-40-31(22-45-36)25-15-17-27(37)18-16-25)46-29-14-8-13-28(21-29)38-34(43)30(20-24-10-7-9-23(2)19-24)39-33(42)26-11-5-4-6-12-26/h4-22,32H,3H2,1-2H3,(H,38,43)(H,39,42)(H,40,41,44)/b30-20+. The first kappa shape index (κ1) is 32.7. The van der Waals surface area contributed by atoms with E-state index in [0.717, 1.165) is 27.3 Å². The van der Waals surface area contributed by atoms with Gasteiger partial charge in [-0.15, -0.1) is 23.1 Å². The van der Waals surface area contributed by atoms with Crippen LogP contribution in [0.2, 0.25) is 5.02 Å². The molecule has 46 heavy (non-hydrogen) atoms. The summed E-state index contributed by atoms with van der Waals surface area (Å²) in [6.45, 7) is 3.91. The summed E-state index contributed by atoms with van der Waals surface area (Å²) in [6, 6.07) is 31.0. The number of hydrogen-bond donors (Lipinski definition) is 3. The lowest BCUT2D eigenvalue weighted by Crippen LogP contribution is -2.30. The lowest BCUT2D eigenvalue weighted by atomic mass is 10.1. The number of anilines is 2. The predicted octanol–water partition coefficient (Wildman–Crippen LogP) is 8.69. The summed E-state index contributed by atoms with van der Waals surface area (Å²) >= 11 is 8.75. The molecular formula is C36H31ClN4O3S2. The highest BCUT2D eigenvalue weighted by atomic mass is 35.5. The number of carbonyl (C=O) groups is 3. The maximum Gasteiger partial charge on any atom is 0.272 e. The van der Waals surface area contributed by atoms with Crippen molar-refractivity contribution in [3.8, 4) is 11.3 Å². The SMILES string of the molecule is CCC(Sc1cccc(NC(=O)/C(=C\c2cccc(C)c2)NC(=O)c2ccccc2)c1)C(=O)Nc1nc(-c2ccc(Cl)cc2)cs1. The van der Waals surface area contributed by atoms with Crippen molar-refractivity contribution < 1.29 is 14.4 Å². The van der Waals surface area contributed by atoms with E-state index >= 15 is 0 Å². The third kappa shape index (κ3) is 8.94. The summed E-state index contributed by atoms with van der Waals surface area (Å²) in [4.78, 5) is 45.1. The van der Waals surface area contributed by atoms with E-state index in [9.17, 15) is 14.4 Å². The summed E-state index contributed by atoms with van der Waals surface area (Å²) in [6.07, 6.45) is 2.23. The predicted molar refractivity (Wildman–Crippen MR) is 189 cm³/mol. The van der Waals surface area contributed by atoms with Crippen molar-refractivity contribution in [2.45, 2.75) is 30.4 Å². The van der Waals surface area contributed by atoms with E-state index in [2.05, 4.69) is 20.9 Å². The van der Waals surface area contributed by atoms with Crippen LogP contribution in [-0.2, 0) is 9.59 Å². The van der Waals surface area contributed by atoms with Gasteiger partial charge in [-0.05, 0) is 67.4 Å². The Bertz CT molecular complexity index is 1870. The average molecular weight is 667 g/mol. The molecule has 0 saturated heterocycles. The van der Waals surface area contributed by atoms with Gasteiger partial charge in [-0.3, -0.25) is 14.4 Å². The van der Waals surface area contributed by atoms with Gasteiger partial charge in [0, 0.05) is 32.1 Å². The van der Waals surface area contributed by atoms with Gasteiger partial charge in [0.25, 0.3) is 11.8 Å². The van der Waals surface area contributed by atoms with Crippen LogP contribution in [0.15, 0.2) is 119 Å². The molecule has 1 aromatic heterocycles. The fraction of sp³-hybridized carbons (Fsp3) is 0.111. The van der Waals surface area contributed by atoms with Crippen LogP contribution in [0, 0.1) is 6.92 Å². The number of rotatable bonds is 11. The minimum absolute atomic E-state index is 0.102. The summed E-state index contributed by atoms with van der Waals surface area (Å²) in [5.74, 6) is -1.03. The van der Waals surface area contributed by atoms with Gasteiger partial charge in [-0.1, -0.05) is 84.8 Å². The molecular weight excluding hydrogens is 636 g/mol. The molecule has 0 aliphatic rings. The normalized spacial score (nSPS) is 11.8. The maximum absolute atomic E-state index is 13.5. The Morgan fingerprint density at radius 2 is 1.67 bits per heavy atom. The fourth-order valence-electron chi connectivity index (χ4n) is 4.47. The summed E-state index contributed by atoms with van der Waals surface area (Å²) < 4.78 is 0. The minimum Gasteiger partial charge on any atom is -0.321 e. The molecule has 1 atom stereocenters. The molecule has 0 spiro atoms. The highest BCUT2D eigenvalue weighted by Crippen LogP contribution is 2.30. The van der Waals surface area contributed by atoms with Gasteiger partial charge in [0.05, 0.1) is 10.9 Å². The molecule has 0 radical (unpaired) electrons. The third-order valence-electron chi connectivity index (χ3n) is 6.79. The van der Waals surface area contributed by atoms with E-state index in [0.29, 0.717) is 27.8 Å². The van der Waals surface area contributed by atoms with Crippen molar-refractivity contribution in [1.29, 1.82) is 0 Å². The largest absolute Gasteiger partial charge is 0.321 e. The number of nitrogens with one attached hydrogen (secondary N) is 3. The van der Waals surface area contributed by atoms with Crippen molar-refractivity contribution in [3.05, 3.63) is 136 Å². The molecule has 4 aromatic carbocycles. The minimum atomic E-state index is -0.474. The smallest absolute Gasteiger partial charge is 0.272 e. The van der Waals surface area contributed by atoms with Crippen LogP contribution in [0.5, 0.6) is 0 Å². The molecule has 0 aliphatic carbocycles. The Balaban J connectivity index is 1.27. The second kappa shape index (κ2) is 15.5. The van der Waals surface area contributed by atoms with E-state index in [1.54, 1.807) is 48.5 Å². The number of thioether (sulfide) groups is 1. The number of thiazole rings is 1. The van der Waals surface area contributed by atoms with Crippen LogP contribution in [0.1, 0.15) is 34.8 Å². The molecule has 0 bridgehead atoms. The van der Waals surface area contributed by atoms with Crippen molar-refractivity contribution in [2.24, 2.45) is 0 Å². The van der Waals surface area contributed by atoms with Crippen LogP contribution >= 0.6 is 34.7 Å². The lowest BCUT2D eigenvalue weighted by Gasteiger charge is -2.15. The summed E-state index contributed by atoms with van der Waals surface area (Å²) in [5.41, 5.74) is 4.55. The van der Waals surface area contributed by atoms with Crippen molar-refractivity contribution in [3.63, 3.8) is 0 Å². The summed E-state index contributed by atoms with van der Waals surface area (Å²) in [5, 5.41) is 11.3. The van der Waals surface area contributed by atoms with E-state index in [1.807, 2.05) is 79.9 Å². The molecule has 10 heteroatoms. The molecule has 232 valence electrons. The molecule has 3 N–H and O–H groups in total. The van der Waals surface area contributed by atoms with Gasteiger partial charge < -0.3 is 16.0 Å². The van der Waals surface area contributed by atoms with Gasteiger partial charge in [0.2, 0.25) is 5.91 Å². The lowest BCUT2D eigenvalue weighted by molar-refractivity contribution is -0.116. The Morgan fingerprint density at radius 1 is 0.913 bits per heavy atom. The first-order valence-corrected chi connectivity index (χ1v) is 16.7. The number of amides is 3. The molecule has 1 unspecified atom stereocenters. The topological polar surface area (TPSA) is 100 Å². The molecule has 0 aliphatic heterocycles. The molecule has 7 nitrogen and oxygen atoms in total. The Hall–Kier alpha value is -4.70. The zero-order chi connectivity index (χ0) is 32.5. The van der Waals surface area contributed by atoms with Gasteiger partial charge >= 0.3 is 0 Å².